The Hall–Kier alpha value is -0.190. The third-order valence-electron chi connectivity index (χ3n) is 1.21. The summed E-state index contributed by atoms with van der Waals surface area (Å²) in [4.78, 5) is 0. The minimum Gasteiger partial charge on any atom is -0.501 e. The van der Waals surface area contributed by atoms with Gasteiger partial charge in [-0.3, -0.25) is 0 Å². The quantitative estimate of drug-likeness (QED) is 0.443. The highest BCUT2D eigenvalue weighted by Crippen LogP contribution is 2.13. The van der Waals surface area contributed by atoms with Crippen LogP contribution in [0.1, 0.15) is 13.8 Å². The molecule has 3 heteroatoms. The van der Waals surface area contributed by atoms with E-state index >= 15 is 0 Å². The highest BCUT2D eigenvalue weighted by atomic mass is 127. The van der Waals surface area contributed by atoms with E-state index in [1.165, 1.54) is 0 Å². The summed E-state index contributed by atoms with van der Waals surface area (Å²) in [7, 11) is 1.65. The Labute approximate surface area is 82.0 Å². The van der Waals surface area contributed by atoms with E-state index in [-0.39, 0.29) is 0 Å². The van der Waals surface area contributed by atoms with Crippen molar-refractivity contribution < 1.29 is 7.80 Å². The van der Waals surface area contributed by atoms with E-state index in [1.54, 1.807) is 36.2 Å². The van der Waals surface area contributed by atoms with Gasteiger partial charge >= 0.3 is 0 Å². The third-order valence-corrected chi connectivity index (χ3v) is 1.77. The second-order valence-corrected chi connectivity index (χ2v) is 2.89. The number of halogens is 1. The molecular weight excluding hydrogens is 255 g/mol. The zero-order valence-corrected chi connectivity index (χ0v) is 9.21. The van der Waals surface area contributed by atoms with Gasteiger partial charge in [0.05, 0.1) is 7.11 Å². The zero-order chi connectivity index (χ0) is 8.85. The normalized spacial score (nSPS) is 11.5. The van der Waals surface area contributed by atoms with Crippen LogP contribution in [-0.4, -0.2) is 7.11 Å². The van der Waals surface area contributed by atoms with Crippen molar-refractivity contribution in [1.82, 2.24) is 0 Å². The Morgan fingerprint density at radius 2 is 2.09 bits per heavy atom. The van der Waals surface area contributed by atoms with Crippen molar-refractivity contribution >= 4 is 23.0 Å². The van der Waals surface area contributed by atoms with Gasteiger partial charge in [-0.25, -0.2) is 0 Å². The van der Waals surface area contributed by atoms with Gasteiger partial charge in [-0.05, 0) is 0 Å². The zero-order valence-electron chi connectivity index (χ0n) is 7.06. The summed E-state index contributed by atoms with van der Waals surface area (Å²) in [5.41, 5.74) is 0. The monoisotopic (exact) mass is 268 g/mol. The SMILES string of the molecule is C=C(/C=C(\OC)C(C)C)OI. The Bertz CT molecular complexity index is 161. The van der Waals surface area contributed by atoms with Crippen LogP contribution >= 0.6 is 23.0 Å². The van der Waals surface area contributed by atoms with Gasteiger partial charge in [0.2, 0.25) is 0 Å². The van der Waals surface area contributed by atoms with Gasteiger partial charge in [-0.1, -0.05) is 20.4 Å². The van der Waals surface area contributed by atoms with Crippen LogP contribution in [-0.2, 0) is 7.80 Å². The first-order valence-corrected chi connectivity index (χ1v) is 4.23. The fourth-order valence-electron chi connectivity index (χ4n) is 0.642. The van der Waals surface area contributed by atoms with Crippen molar-refractivity contribution in [2.75, 3.05) is 7.11 Å². The fourth-order valence-corrected chi connectivity index (χ4v) is 0.769. The summed E-state index contributed by atoms with van der Waals surface area (Å²) in [6.07, 6.45) is 1.79. The molecule has 0 saturated carbocycles. The Morgan fingerprint density at radius 1 is 1.55 bits per heavy atom. The number of hydrogen-bond acceptors (Lipinski definition) is 2. The van der Waals surface area contributed by atoms with Crippen LogP contribution in [0.25, 0.3) is 0 Å². The number of ether oxygens (including phenoxy) is 1. The number of hydrogen-bond donors (Lipinski definition) is 0. The molecule has 0 amide bonds. The first-order chi connectivity index (χ1) is 5.11. The van der Waals surface area contributed by atoms with Gasteiger partial charge in [0.15, 0.2) is 23.0 Å². The molecule has 0 N–H and O–H groups in total. The molecule has 0 aliphatic heterocycles. The molecule has 0 aromatic carbocycles. The van der Waals surface area contributed by atoms with E-state index in [2.05, 4.69) is 20.4 Å². The lowest BCUT2D eigenvalue weighted by Crippen LogP contribution is -1.96. The highest BCUT2D eigenvalue weighted by Gasteiger charge is 2.02. The van der Waals surface area contributed by atoms with Crippen molar-refractivity contribution in [3.05, 3.63) is 24.2 Å². The predicted molar refractivity (Wildman–Crippen MR) is 54.2 cm³/mol. The topological polar surface area (TPSA) is 18.5 Å². The average molecular weight is 268 g/mol. The second kappa shape index (κ2) is 5.46. The van der Waals surface area contributed by atoms with Gasteiger partial charge in [0.1, 0.15) is 11.5 Å². The number of methoxy groups -OCH3 is 1. The summed E-state index contributed by atoms with van der Waals surface area (Å²) in [5, 5.41) is 0. The first kappa shape index (κ1) is 10.8. The molecule has 0 fully saturated rings. The van der Waals surface area contributed by atoms with Gasteiger partial charge in [0.25, 0.3) is 0 Å². The molecule has 0 saturated heterocycles. The van der Waals surface area contributed by atoms with Crippen LogP contribution in [0.2, 0.25) is 0 Å². The summed E-state index contributed by atoms with van der Waals surface area (Å²) in [6, 6.07) is 0. The van der Waals surface area contributed by atoms with Crippen LogP contribution in [0.3, 0.4) is 0 Å². The lowest BCUT2D eigenvalue weighted by Gasteiger charge is -2.09. The Balaban J connectivity index is 4.23. The van der Waals surface area contributed by atoms with Crippen LogP contribution in [0.4, 0.5) is 0 Å². The van der Waals surface area contributed by atoms with Crippen molar-refractivity contribution in [3.8, 4) is 0 Å². The largest absolute Gasteiger partial charge is 0.501 e. The molecule has 0 bridgehead atoms. The minimum absolute atomic E-state index is 0.364. The molecule has 0 rings (SSSR count). The molecule has 0 aromatic rings. The molecule has 64 valence electrons. The molecule has 0 radical (unpaired) electrons. The van der Waals surface area contributed by atoms with Crippen molar-refractivity contribution in [1.29, 1.82) is 0 Å². The van der Waals surface area contributed by atoms with E-state index in [1.807, 2.05) is 0 Å². The molecule has 2 nitrogen and oxygen atoms in total. The molecule has 0 unspecified atom stereocenters. The minimum atomic E-state index is 0.364. The molecule has 11 heavy (non-hydrogen) atoms. The van der Waals surface area contributed by atoms with Crippen LogP contribution in [0.15, 0.2) is 24.2 Å². The molecule has 0 aliphatic rings. The van der Waals surface area contributed by atoms with E-state index in [9.17, 15) is 0 Å². The van der Waals surface area contributed by atoms with E-state index in [4.69, 9.17) is 7.80 Å². The predicted octanol–water partition coefficient (Wildman–Crippen LogP) is 3.05. The van der Waals surface area contributed by atoms with Crippen LogP contribution in [0.5, 0.6) is 0 Å². The van der Waals surface area contributed by atoms with Crippen molar-refractivity contribution in [3.63, 3.8) is 0 Å². The lowest BCUT2D eigenvalue weighted by atomic mass is 10.1. The number of allylic oxidation sites excluding steroid dienone is 2. The smallest absolute Gasteiger partial charge is 0.192 e. The van der Waals surface area contributed by atoms with Gasteiger partial charge in [0, 0.05) is 12.0 Å². The molecule has 0 aliphatic carbocycles. The maximum atomic E-state index is 5.10. The molecule has 0 aromatic heterocycles. The summed E-state index contributed by atoms with van der Waals surface area (Å²) < 4.78 is 9.95. The fraction of sp³-hybridized carbons (Fsp3) is 0.500. The van der Waals surface area contributed by atoms with Gasteiger partial charge in [-0.15, -0.1) is 0 Å². The number of rotatable bonds is 4. The Morgan fingerprint density at radius 3 is 2.36 bits per heavy atom. The molecule has 0 spiro atoms. The van der Waals surface area contributed by atoms with Crippen LogP contribution < -0.4 is 0 Å². The molecular formula is C8H13IO2. The average Bonchev–Trinajstić information content (AvgIpc) is 1.99. The lowest BCUT2D eigenvalue weighted by molar-refractivity contribution is 0.252. The van der Waals surface area contributed by atoms with Crippen molar-refractivity contribution in [2.45, 2.75) is 13.8 Å². The highest BCUT2D eigenvalue weighted by molar-refractivity contribution is 14.1. The first-order valence-electron chi connectivity index (χ1n) is 3.35. The van der Waals surface area contributed by atoms with Crippen molar-refractivity contribution in [2.24, 2.45) is 5.92 Å². The summed E-state index contributed by atoms with van der Waals surface area (Å²) in [6.45, 7) is 7.76. The maximum absolute atomic E-state index is 5.10. The second-order valence-electron chi connectivity index (χ2n) is 2.45. The van der Waals surface area contributed by atoms with Gasteiger partial charge in [-0.2, -0.15) is 0 Å². The third kappa shape index (κ3) is 4.29. The van der Waals surface area contributed by atoms with Crippen LogP contribution in [0, 0.1) is 5.92 Å². The summed E-state index contributed by atoms with van der Waals surface area (Å²) in [5.74, 6) is 1.85. The van der Waals surface area contributed by atoms with E-state index in [0.29, 0.717) is 11.7 Å². The standard InChI is InChI=1S/C8H13IO2/c1-6(2)8(10-4)5-7(3)11-9/h5-6H,3H2,1-2,4H3/b8-5-. The van der Waals surface area contributed by atoms with E-state index in [0.717, 1.165) is 5.76 Å². The van der Waals surface area contributed by atoms with E-state index < -0.39 is 0 Å². The molecule has 0 atom stereocenters. The Kier molecular flexibility index (Phi) is 5.36. The van der Waals surface area contributed by atoms with Gasteiger partial charge < -0.3 is 7.80 Å². The summed E-state index contributed by atoms with van der Waals surface area (Å²) >= 11 is 1.79. The molecule has 0 heterocycles. The maximum Gasteiger partial charge on any atom is 0.192 e.